The van der Waals surface area contributed by atoms with Crippen LogP contribution in [0.4, 0.5) is 0 Å². The Morgan fingerprint density at radius 1 is 1.43 bits per heavy atom. The molecule has 0 fully saturated rings. The molecule has 2 nitrogen and oxygen atoms in total. The normalized spacial score (nSPS) is 6.71. The molecule has 0 bridgehead atoms. The van der Waals surface area contributed by atoms with Gasteiger partial charge in [0.15, 0.2) is 0 Å². The molecule has 0 aromatic heterocycles. The summed E-state index contributed by atoms with van der Waals surface area (Å²) in [6, 6.07) is 0. The minimum absolute atomic E-state index is 0. The van der Waals surface area contributed by atoms with Crippen LogP contribution in [0.2, 0.25) is 0 Å². The van der Waals surface area contributed by atoms with Gasteiger partial charge in [-0.3, -0.25) is 4.79 Å². The molecule has 0 rings (SSSR count). The molecular weight excluding hydrogens is 288 g/mol. The fourth-order valence-corrected chi connectivity index (χ4v) is 0. The molecule has 0 saturated carbocycles. The molecule has 0 radical (unpaired) electrons. The SMILES string of the molecule is CC(=O)N(C)C.[AtH]. The zero-order valence-corrected chi connectivity index (χ0v) is 7.94. The molecule has 0 spiro atoms. The van der Waals surface area contributed by atoms with Crippen LogP contribution in [0.5, 0.6) is 0 Å². The summed E-state index contributed by atoms with van der Waals surface area (Å²) in [6.45, 7) is 1.53. The van der Waals surface area contributed by atoms with Crippen molar-refractivity contribution in [1.29, 1.82) is 0 Å². The summed E-state index contributed by atoms with van der Waals surface area (Å²) in [5.41, 5.74) is 0. The van der Waals surface area contributed by atoms with Crippen LogP contribution in [0.25, 0.3) is 0 Å². The zero-order valence-electron chi connectivity index (χ0n) is 4.76. The van der Waals surface area contributed by atoms with Crippen LogP contribution in [0.15, 0.2) is 0 Å². The van der Waals surface area contributed by atoms with Crippen molar-refractivity contribution >= 4 is 5.91 Å². The van der Waals surface area contributed by atoms with E-state index in [1.807, 2.05) is 0 Å². The van der Waals surface area contributed by atoms with E-state index in [2.05, 4.69) is 0 Å². The summed E-state index contributed by atoms with van der Waals surface area (Å²) < 4.78 is 0. The van der Waals surface area contributed by atoms with Crippen molar-refractivity contribution in [3.05, 3.63) is 0 Å². The quantitative estimate of drug-likeness (QED) is 0.608. The van der Waals surface area contributed by atoms with Gasteiger partial charge in [0, 0.05) is 21.0 Å². The van der Waals surface area contributed by atoms with Gasteiger partial charge < -0.3 is 4.90 Å². The average Bonchev–Trinajstić information content (AvgIpc) is 1.36. The molecule has 0 aromatic rings. The Bertz CT molecular complexity index is 62.7. The average molecular weight is 298 g/mol. The second-order valence-electron chi connectivity index (χ2n) is 1.41. The van der Waals surface area contributed by atoms with Crippen LogP contribution in [0.3, 0.4) is 0 Å². The van der Waals surface area contributed by atoms with Gasteiger partial charge in [-0.05, 0) is 0 Å². The number of nitrogens with zero attached hydrogens (tertiary/aromatic N) is 1. The third kappa shape index (κ3) is 6.35. The van der Waals surface area contributed by atoms with E-state index in [-0.39, 0.29) is 32.1 Å². The predicted octanol–water partition coefficient (Wildman–Crippen LogP) is -0.173. The fourth-order valence-electron chi connectivity index (χ4n) is 0. The molecule has 0 aliphatic rings. The van der Waals surface area contributed by atoms with Crippen LogP contribution in [-0.2, 0) is 4.79 Å². The van der Waals surface area contributed by atoms with E-state index in [0.29, 0.717) is 0 Å². The van der Waals surface area contributed by atoms with E-state index < -0.39 is 0 Å². The van der Waals surface area contributed by atoms with Crippen molar-refractivity contribution in [2.24, 2.45) is 0 Å². The molecule has 7 heavy (non-hydrogen) atoms. The van der Waals surface area contributed by atoms with Crippen molar-refractivity contribution in [2.75, 3.05) is 14.1 Å². The molecule has 1 amide bonds. The maximum atomic E-state index is 10.1. The number of carbonyl (C=O) groups excluding carboxylic acids is 1. The molecule has 0 heterocycles. The van der Waals surface area contributed by atoms with Crippen molar-refractivity contribution in [3.63, 3.8) is 0 Å². The summed E-state index contributed by atoms with van der Waals surface area (Å²) in [6.07, 6.45) is 0. The molecule has 0 N–H and O–H groups in total. The molecule has 44 valence electrons. The number of carbonyl (C=O) groups is 1. The van der Waals surface area contributed by atoms with Crippen molar-refractivity contribution < 1.29 is 31.0 Å². The van der Waals surface area contributed by atoms with Crippen molar-refractivity contribution in [2.45, 2.75) is 6.92 Å². The predicted molar refractivity (Wildman–Crippen MR) is 25.8 cm³/mol. The minimum atomic E-state index is 0. The Hall–Kier alpha value is 0.353. The van der Waals surface area contributed by atoms with E-state index in [1.54, 1.807) is 14.1 Å². The first kappa shape index (κ1) is 10.4. The van der Waals surface area contributed by atoms with E-state index in [1.165, 1.54) is 11.8 Å². The summed E-state index contributed by atoms with van der Waals surface area (Å²) in [4.78, 5) is 11.6. The van der Waals surface area contributed by atoms with Crippen molar-refractivity contribution in [1.82, 2.24) is 4.90 Å². The zero-order chi connectivity index (χ0) is 5.15. The van der Waals surface area contributed by atoms with Gasteiger partial charge >= 0.3 is 26.2 Å². The van der Waals surface area contributed by atoms with E-state index in [9.17, 15) is 4.79 Å². The molecule has 3 heteroatoms. The Balaban J connectivity index is 0. The van der Waals surface area contributed by atoms with Gasteiger partial charge in [0.1, 0.15) is 0 Å². The van der Waals surface area contributed by atoms with Crippen LogP contribution in [0.1, 0.15) is 6.92 Å². The maximum absolute atomic E-state index is 10.1. The topological polar surface area (TPSA) is 20.3 Å². The van der Waals surface area contributed by atoms with E-state index >= 15 is 0 Å². The molecule has 0 unspecified atom stereocenters. The van der Waals surface area contributed by atoms with Crippen LogP contribution < -0.4 is 0 Å². The Morgan fingerprint density at radius 2 is 1.57 bits per heavy atom. The van der Waals surface area contributed by atoms with Gasteiger partial charge in [0.25, 0.3) is 0 Å². The standard InChI is InChI=1S/C4H9NO.AtH/c1-4(6)5(2)3;/h1-3H3;1H. The Kier molecular flexibility index (Phi) is 6.67. The van der Waals surface area contributed by atoms with Crippen LogP contribution in [0, 0.1) is 26.2 Å². The third-order valence-corrected chi connectivity index (χ3v) is 0.630. The van der Waals surface area contributed by atoms with Crippen LogP contribution in [-0.4, -0.2) is 24.9 Å². The fraction of sp³-hybridized carbons (Fsp3) is 0.750. The second-order valence-corrected chi connectivity index (χ2v) is 1.41. The molecule has 0 aliphatic heterocycles. The monoisotopic (exact) mass is 298 g/mol. The number of rotatable bonds is 0. The van der Waals surface area contributed by atoms with Gasteiger partial charge in [-0.2, -0.15) is 0 Å². The second kappa shape index (κ2) is 4.51. The van der Waals surface area contributed by atoms with Gasteiger partial charge in [-0.25, -0.2) is 0 Å². The first-order valence-corrected chi connectivity index (χ1v) is 1.82. The third-order valence-electron chi connectivity index (χ3n) is 0.630. The number of hydrogen-bond donors (Lipinski definition) is 0. The Labute approximate surface area is 63.0 Å². The van der Waals surface area contributed by atoms with E-state index in [4.69, 9.17) is 0 Å². The van der Waals surface area contributed by atoms with Gasteiger partial charge in [-0.1, -0.05) is 0 Å². The molecule has 0 atom stereocenters. The summed E-state index contributed by atoms with van der Waals surface area (Å²) in [5.74, 6) is 0.0926. The molecular formula is C4H10AtNO. The van der Waals surface area contributed by atoms with Gasteiger partial charge in [-0.15, -0.1) is 0 Å². The Morgan fingerprint density at radius 3 is 1.57 bits per heavy atom. The summed E-state index contributed by atoms with van der Waals surface area (Å²) >= 11 is 0. The number of hydrogen-bond acceptors (Lipinski definition) is 1. The van der Waals surface area contributed by atoms with Gasteiger partial charge in [0.05, 0.1) is 0 Å². The van der Waals surface area contributed by atoms with Gasteiger partial charge in [0.2, 0.25) is 5.91 Å². The summed E-state index contributed by atoms with van der Waals surface area (Å²) in [5, 5.41) is 0. The van der Waals surface area contributed by atoms with E-state index in [0.717, 1.165) is 0 Å². The van der Waals surface area contributed by atoms with Crippen LogP contribution >= 0.6 is 0 Å². The first-order chi connectivity index (χ1) is 2.64. The molecule has 0 aliphatic carbocycles. The van der Waals surface area contributed by atoms with Crippen molar-refractivity contribution in [3.8, 4) is 0 Å². The number of amides is 1. The molecule has 0 saturated heterocycles. The molecule has 0 aromatic carbocycles. The summed E-state index contributed by atoms with van der Waals surface area (Å²) in [7, 11) is 3.45. The first-order valence-electron chi connectivity index (χ1n) is 1.82.